The van der Waals surface area contributed by atoms with Gasteiger partial charge in [0, 0.05) is 11.6 Å². The van der Waals surface area contributed by atoms with Crippen LogP contribution >= 0.6 is 0 Å². The fourth-order valence-corrected chi connectivity index (χ4v) is 1.94. The van der Waals surface area contributed by atoms with Crippen molar-refractivity contribution in [2.24, 2.45) is 0 Å². The summed E-state index contributed by atoms with van der Waals surface area (Å²) in [5.74, 6) is -1.17. The first-order chi connectivity index (χ1) is 7.67. The molecule has 0 aliphatic carbocycles. The molecule has 0 saturated heterocycles. The van der Waals surface area contributed by atoms with Crippen LogP contribution in [0.1, 0.15) is 24.9 Å². The molecule has 0 radical (unpaired) electrons. The Bertz CT molecular complexity index is 398. The molecule has 3 nitrogen and oxygen atoms in total. The van der Waals surface area contributed by atoms with E-state index in [2.05, 4.69) is 5.48 Å². The number of benzene rings is 1. The lowest BCUT2D eigenvalue weighted by Crippen LogP contribution is -2.29. The van der Waals surface area contributed by atoms with Gasteiger partial charge in [-0.1, -0.05) is 6.92 Å². The van der Waals surface area contributed by atoms with Crippen molar-refractivity contribution in [3.05, 3.63) is 29.3 Å². The van der Waals surface area contributed by atoms with E-state index in [1.54, 1.807) is 0 Å². The minimum absolute atomic E-state index is 0.114. The molecule has 1 aromatic carbocycles. The van der Waals surface area contributed by atoms with Gasteiger partial charge in [0.05, 0.1) is 13.2 Å². The minimum atomic E-state index is -0.672. The van der Waals surface area contributed by atoms with Crippen molar-refractivity contribution >= 4 is 0 Å². The van der Waals surface area contributed by atoms with E-state index in [1.165, 1.54) is 13.2 Å². The molecule has 0 spiro atoms. The zero-order chi connectivity index (χ0) is 11.7. The second kappa shape index (κ2) is 4.35. The summed E-state index contributed by atoms with van der Waals surface area (Å²) in [6.45, 7) is 1.91. The number of rotatable bonds is 3. The summed E-state index contributed by atoms with van der Waals surface area (Å²) in [4.78, 5) is 4.82. The van der Waals surface area contributed by atoms with Gasteiger partial charge in [-0.2, -0.15) is 5.48 Å². The zero-order valence-corrected chi connectivity index (χ0v) is 9.09. The quantitative estimate of drug-likeness (QED) is 0.807. The smallest absolute Gasteiger partial charge is 0.168 e. The largest absolute Gasteiger partial charge is 0.485 e. The molecule has 2 atom stereocenters. The van der Waals surface area contributed by atoms with Crippen molar-refractivity contribution < 1.29 is 18.4 Å². The number of fused-ring (bicyclic) bond motifs is 1. The molecule has 0 fully saturated rings. The van der Waals surface area contributed by atoms with E-state index in [0.29, 0.717) is 12.0 Å². The minimum Gasteiger partial charge on any atom is -0.485 e. The van der Waals surface area contributed by atoms with Crippen molar-refractivity contribution in [1.82, 2.24) is 5.48 Å². The topological polar surface area (TPSA) is 30.5 Å². The van der Waals surface area contributed by atoms with Gasteiger partial charge in [-0.05, 0) is 12.5 Å². The third kappa shape index (κ3) is 1.76. The third-order valence-electron chi connectivity index (χ3n) is 2.66. The maximum absolute atomic E-state index is 13.4. The molecule has 2 unspecified atom stereocenters. The van der Waals surface area contributed by atoms with E-state index in [0.717, 1.165) is 6.07 Å². The van der Waals surface area contributed by atoms with E-state index in [-0.39, 0.29) is 17.9 Å². The molecule has 16 heavy (non-hydrogen) atoms. The van der Waals surface area contributed by atoms with E-state index >= 15 is 0 Å². The Hall–Kier alpha value is -1.20. The highest BCUT2D eigenvalue weighted by Gasteiger charge is 2.35. The predicted octanol–water partition coefficient (Wildman–Crippen LogP) is 2.33. The Morgan fingerprint density at radius 2 is 2.19 bits per heavy atom. The second-order valence-corrected chi connectivity index (χ2v) is 3.67. The highest BCUT2D eigenvalue weighted by atomic mass is 19.1. The first kappa shape index (κ1) is 11.3. The van der Waals surface area contributed by atoms with Crippen molar-refractivity contribution in [3.8, 4) is 5.75 Å². The van der Waals surface area contributed by atoms with Crippen LogP contribution in [-0.2, 0) is 4.84 Å². The summed E-state index contributed by atoms with van der Waals surface area (Å²) in [7, 11) is 1.46. The van der Waals surface area contributed by atoms with Gasteiger partial charge in [-0.15, -0.1) is 0 Å². The van der Waals surface area contributed by atoms with Gasteiger partial charge in [0.2, 0.25) is 0 Å². The van der Waals surface area contributed by atoms with Crippen LogP contribution in [0.4, 0.5) is 8.78 Å². The highest BCUT2D eigenvalue weighted by molar-refractivity contribution is 5.42. The summed E-state index contributed by atoms with van der Waals surface area (Å²) < 4.78 is 32.0. The molecule has 0 saturated carbocycles. The van der Waals surface area contributed by atoms with Crippen molar-refractivity contribution in [3.63, 3.8) is 0 Å². The molecule has 0 bridgehead atoms. The van der Waals surface area contributed by atoms with Crippen LogP contribution in [0, 0.1) is 11.6 Å². The monoisotopic (exact) mass is 229 g/mol. The molecule has 88 valence electrons. The molecule has 0 aromatic heterocycles. The Morgan fingerprint density at radius 3 is 2.81 bits per heavy atom. The lowest BCUT2D eigenvalue weighted by atomic mass is 10.0. The molecule has 1 heterocycles. The van der Waals surface area contributed by atoms with E-state index in [9.17, 15) is 8.78 Å². The molecule has 1 aromatic rings. The highest BCUT2D eigenvalue weighted by Crippen LogP contribution is 2.40. The van der Waals surface area contributed by atoms with Crippen molar-refractivity contribution in [2.75, 3.05) is 7.11 Å². The van der Waals surface area contributed by atoms with Gasteiger partial charge in [0.25, 0.3) is 0 Å². The Morgan fingerprint density at radius 1 is 1.44 bits per heavy atom. The summed E-state index contributed by atoms with van der Waals surface area (Å²) in [6.07, 6.45) is 0.433. The summed E-state index contributed by atoms with van der Waals surface area (Å²) in [5, 5.41) is 0. The summed E-state index contributed by atoms with van der Waals surface area (Å²) in [6, 6.07) is 1.75. The lowest BCUT2D eigenvalue weighted by Gasteiger charge is -2.17. The van der Waals surface area contributed by atoms with E-state index in [4.69, 9.17) is 9.57 Å². The number of hydrogen-bond acceptors (Lipinski definition) is 3. The van der Waals surface area contributed by atoms with Crippen LogP contribution in [0.15, 0.2) is 12.1 Å². The molecular weight excluding hydrogens is 216 g/mol. The molecule has 1 N–H and O–H groups in total. The summed E-state index contributed by atoms with van der Waals surface area (Å²) in [5.41, 5.74) is 3.16. The average molecular weight is 229 g/mol. The van der Waals surface area contributed by atoms with Crippen LogP contribution in [0.2, 0.25) is 0 Å². The molecule has 2 rings (SSSR count). The number of nitrogens with one attached hydrogen (secondary N) is 1. The van der Waals surface area contributed by atoms with Gasteiger partial charge < -0.3 is 9.57 Å². The maximum Gasteiger partial charge on any atom is 0.168 e. The third-order valence-corrected chi connectivity index (χ3v) is 2.66. The van der Waals surface area contributed by atoms with Crippen LogP contribution in [0.3, 0.4) is 0 Å². The molecule has 1 aliphatic heterocycles. The number of halogens is 2. The fraction of sp³-hybridized carbons (Fsp3) is 0.455. The fourth-order valence-electron chi connectivity index (χ4n) is 1.94. The van der Waals surface area contributed by atoms with Gasteiger partial charge in [0.15, 0.2) is 11.6 Å². The number of ether oxygens (including phenoxy) is 1. The van der Waals surface area contributed by atoms with E-state index < -0.39 is 11.6 Å². The molecule has 0 amide bonds. The van der Waals surface area contributed by atoms with Crippen LogP contribution in [0.25, 0.3) is 0 Å². The van der Waals surface area contributed by atoms with Crippen LogP contribution in [-0.4, -0.2) is 13.2 Å². The average Bonchev–Trinajstić information content (AvgIpc) is 2.58. The normalized spacial score (nSPS) is 23.0. The first-order valence-electron chi connectivity index (χ1n) is 5.11. The van der Waals surface area contributed by atoms with Crippen molar-refractivity contribution in [2.45, 2.75) is 25.5 Å². The van der Waals surface area contributed by atoms with Crippen molar-refractivity contribution in [1.29, 1.82) is 0 Å². The van der Waals surface area contributed by atoms with E-state index in [1.807, 2.05) is 6.92 Å². The SMILES string of the molecule is CCC1Oc2c(F)cc(F)cc2C1NOC. The maximum atomic E-state index is 13.4. The predicted molar refractivity (Wildman–Crippen MR) is 54.0 cm³/mol. The Kier molecular flexibility index (Phi) is 3.07. The van der Waals surface area contributed by atoms with Gasteiger partial charge in [-0.3, -0.25) is 0 Å². The van der Waals surface area contributed by atoms with Gasteiger partial charge in [-0.25, -0.2) is 8.78 Å². The van der Waals surface area contributed by atoms with Gasteiger partial charge in [0.1, 0.15) is 11.9 Å². The Labute approximate surface area is 92.3 Å². The zero-order valence-electron chi connectivity index (χ0n) is 9.09. The van der Waals surface area contributed by atoms with Crippen LogP contribution < -0.4 is 10.2 Å². The van der Waals surface area contributed by atoms with Gasteiger partial charge >= 0.3 is 0 Å². The number of hydrogen-bond donors (Lipinski definition) is 1. The molecule has 1 aliphatic rings. The first-order valence-corrected chi connectivity index (χ1v) is 5.11. The molecule has 5 heteroatoms. The Balaban J connectivity index is 2.41. The second-order valence-electron chi connectivity index (χ2n) is 3.67. The number of hydroxylamine groups is 1. The molecular formula is C11H13F2NO2. The summed E-state index contributed by atoms with van der Waals surface area (Å²) >= 11 is 0. The lowest BCUT2D eigenvalue weighted by molar-refractivity contribution is 0.0279. The standard InChI is InChI=1S/C11H13F2NO2/c1-3-9-10(14-15-2)7-4-6(12)5-8(13)11(7)16-9/h4-5,9-10,14H,3H2,1-2H3. The van der Waals surface area contributed by atoms with Crippen LogP contribution in [0.5, 0.6) is 5.75 Å².